The van der Waals surface area contributed by atoms with E-state index in [9.17, 15) is 8.42 Å². The minimum Gasteiger partial charge on any atom is -0.331 e. The molecule has 0 radical (unpaired) electrons. The first-order valence-corrected chi connectivity index (χ1v) is 9.32. The molecule has 22 heavy (non-hydrogen) atoms. The van der Waals surface area contributed by atoms with Gasteiger partial charge in [0.1, 0.15) is 5.82 Å². The average molecular weight is 321 g/mol. The summed E-state index contributed by atoms with van der Waals surface area (Å²) >= 11 is 0. The summed E-state index contributed by atoms with van der Waals surface area (Å²) in [6, 6.07) is 8.04. The molecule has 120 valence electrons. The number of hydrogen-bond donors (Lipinski definition) is 0. The number of imidazole rings is 1. The maximum absolute atomic E-state index is 12.4. The summed E-state index contributed by atoms with van der Waals surface area (Å²) in [6.45, 7) is 4.65. The van der Waals surface area contributed by atoms with E-state index in [0.717, 1.165) is 29.7 Å². The van der Waals surface area contributed by atoms with Crippen LogP contribution in [0.4, 0.5) is 0 Å². The number of aryl methyl sites for hydroxylation is 1. The standard InChI is InChI=1S/C16H23N3O2S/c1-12(2)22(20,21)19-10-6-7-13(11-19)16-17-14-8-4-5-9-15(14)18(16)3/h4-5,8-9,12-13H,6-7,10-11H2,1-3H3. The molecule has 2 aromatic rings. The molecule has 6 heteroatoms. The van der Waals surface area contributed by atoms with Gasteiger partial charge in [0.05, 0.1) is 16.3 Å². The van der Waals surface area contributed by atoms with Gasteiger partial charge >= 0.3 is 0 Å². The first-order chi connectivity index (χ1) is 10.4. The Morgan fingerprint density at radius 3 is 2.68 bits per heavy atom. The minimum atomic E-state index is -3.19. The van der Waals surface area contributed by atoms with Crippen LogP contribution in [0, 0.1) is 0 Å². The fourth-order valence-electron chi connectivity index (χ4n) is 3.21. The van der Waals surface area contributed by atoms with Crippen LogP contribution in [-0.2, 0) is 17.1 Å². The lowest BCUT2D eigenvalue weighted by Crippen LogP contribution is -2.42. The number of nitrogens with zero attached hydrogens (tertiary/aromatic N) is 3. The molecule has 0 spiro atoms. The molecule has 0 N–H and O–H groups in total. The molecule has 0 saturated carbocycles. The van der Waals surface area contributed by atoms with Crippen molar-refractivity contribution < 1.29 is 8.42 Å². The number of fused-ring (bicyclic) bond motifs is 1. The fourth-order valence-corrected chi connectivity index (χ4v) is 4.58. The van der Waals surface area contributed by atoms with Crippen LogP contribution >= 0.6 is 0 Å². The van der Waals surface area contributed by atoms with E-state index in [4.69, 9.17) is 4.98 Å². The van der Waals surface area contributed by atoms with Crippen LogP contribution in [0.3, 0.4) is 0 Å². The number of para-hydroxylation sites is 2. The number of hydrogen-bond acceptors (Lipinski definition) is 3. The second kappa shape index (κ2) is 5.66. The van der Waals surface area contributed by atoms with Gasteiger partial charge in [0.2, 0.25) is 10.0 Å². The Hall–Kier alpha value is -1.40. The molecule has 0 aliphatic carbocycles. The van der Waals surface area contributed by atoms with Gasteiger partial charge in [-0.3, -0.25) is 0 Å². The summed E-state index contributed by atoms with van der Waals surface area (Å²) < 4.78 is 28.6. The third-order valence-electron chi connectivity index (χ3n) is 4.53. The molecular formula is C16H23N3O2S. The van der Waals surface area contributed by atoms with Crippen molar-refractivity contribution >= 4 is 21.1 Å². The molecule has 1 aromatic carbocycles. The summed E-state index contributed by atoms with van der Waals surface area (Å²) in [7, 11) is -1.17. The van der Waals surface area contributed by atoms with Gasteiger partial charge in [0.15, 0.2) is 0 Å². The van der Waals surface area contributed by atoms with Crippen LogP contribution in [0.5, 0.6) is 0 Å². The van der Waals surface area contributed by atoms with Gasteiger partial charge in [0, 0.05) is 26.1 Å². The van der Waals surface area contributed by atoms with Gasteiger partial charge in [-0.15, -0.1) is 0 Å². The zero-order valence-corrected chi connectivity index (χ0v) is 14.2. The maximum Gasteiger partial charge on any atom is 0.216 e. The van der Waals surface area contributed by atoms with Gasteiger partial charge in [-0.2, -0.15) is 0 Å². The van der Waals surface area contributed by atoms with Crippen molar-refractivity contribution in [2.75, 3.05) is 13.1 Å². The van der Waals surface area contributed by atoms with Crippen LogP contribution in [0.1, 0.15) is 38.4 Å². The molecular weight excluding hydrogens is 298 g/mol. The van der Waals surface area contributed by atoms with Crippen LogP contribution in [0.25, 0.3) is 11.0 Å². The van der Waals surface area contributed by atoms with Crippen molar-refractivity contribution in [3.63, 3.8) is 0 Å². The Labute approximate surface area is 132 Å². The highest BCUT2D eigenvalue weighted by Crippen LogP contribution is 2.30. The molecule has 1 aliphatic rings. The van der Waals surface area contributed by atoms with E-state index in [1.54, 1.807) is 18.2 Å². The lowest BCUT2D eigenvalue weighted by Gasteiger charge is -2.32. The summed E-state index contributed by atoms with van der Waals surface area (Å²) in [5.41, 5.74) is 2.07. The largest absolute Gasteiger partial charge is 0.331 e. The maximum atomic E-state index is 12.4. The van der Waals surface area contributed by atoms with Gasteiger partial charge < -0.3 is 4.57 Å². The number of sulfonamides is 1. The van der Waals surface area contributed by atoms with Gasteiger partial charge in [-0.25, -0.2) is 17.7 Å². The number of aromatic nitrogens is 2. The smallest absolute Gasteiger partial charge is 0.216 e. The fraction of sp³-hybridized carbons (Fsp3) is 0.562. The third kappa shape index (κ3) is 2.54. The molecule has 1 aromatic heterocycles. The van der Waals surface area contributed by atoms with Crippen molar-refractivity contribution in [2.45, 2.75) is 37.9 Å². The quantitative estimate of drug-likeness (QED) is 0.873. The first kappa shape index (κ1) is 15.5. The van der Waals surface area contributed by atoms with E-state index in [2.05, 4.69) is 10.6 Å². The van der Waals surface area contributed by atoms with E-state index in [1.807, 2.05) is 25.2 Å². The average Bonchev–Trinajstić information content (AvgIpc) is 2.85. The predicted octanol–water partition coefficient (Wildman–Crippen LogP) is 2.49. The Bertz CT molecular complexity index is 780. The minimum absolute atomic E-state index is 0.166. The van der Waals surface area contributed by atoms with Gasteiger partial charge in [-0.1, -0.05) is 12.1 Å². The molecule has 1 aliphatic heterocycles. The van der Waals surface area contributed by atoms with Gasteiger partial charge in [0.25, 0.3) is 0 Å². The molecule has 0 bridgehead atoms. The zero-order chi connectivity index (χ0) is 15.9. The molecule has 2 heterocycles. The van der Waals surface area contributed by atoms with Crippen LogP contribution < -0.4 is 0 Å². The topological polar surface area (TPSA) is 55.2 Å². The van der Waals surface area contributed by atoms with E-state index in [-0.39, 0.29) is 11.2 Å². The van der Waals surface area contributed by atoms with E-state index in [0.29, 0.717) is 13.1 Å². The number of rotatable bonds is 3. The zero-order valence-electron chi connectivity index (χ0n) is 13.4. The Morgan fingerprint density at radius 2 is 2.00 bits per heavy atom. The highest BCUT2D eigenvalue weighted by Gasteiger charge is 2.33. The molecule has 1 fully saturated rings. The molecule has 1 unspecified atom stereocenters. The van der Waals surface area contributed by atoms with Crippen molar-refractivity contribution in [3.05, 3.63) is 30.1 Å². The van der Waals surface area contributed by atoms with Crippen LogP contribution in [0.15, 0.2) is 24.3 Å². The van der Waals surface area contributed by atoms with E-state index in [1.165, 1.54) is 0 Å². The normalized spacial score (nSPS) is 20.8. The summed E-state index contributed by atoms with van der Waals surface area (Å²) in [5, 5.41) is -0.369. The predicted molar refractivity (Wildman–Crippen MR) is 88.3 cm³/mol. The van der Waals surface area contributed by atoms with Crippen molar-refractivity contribution in [1.29, 1.82) is 0 Å². The molecule has 1 saturated heterocycles. The Balaban J connectivity index is 1.93. The second-order valence-electron chi connectivity index (χ2n) is 6.31. The molecule has 0 amide bonds. The van der Waals surface area contributed by atoms with Crippen molar-refractivity contribution in [2.24, 2.45) is 7.05 Å². The number of piperidine rings is 1. The van der Waals surface area contributed by atoms with Gasteiger partial charge in [-0.05, 0) is 38.8 Å². The monoisotopic (exact) mass is 321 g/mol. The first-order valence-electron chi connectivity index (χ1n) is 7.81. The summed E-state index contributed by atoms with van der Waals surface area (Å²) in [4.78, 5) is 4.74. The highest BCUT2D eigenvalue weighted by molar-refractivity contribution is 7.89. The van der Waals surface area contributed by atoms with E-state index >= 15 is 0 Å². The van der Waals surface area contributed by atoms with Crippen LogP contribution in [-0.4, -0.2) is 40.6 Å². The van der Waals surface area contributed by atoms with Crippen molar-refractivity contribution in [3.8, 4) is 0 Å². The summed E-state index contributed by atoms with van der Waals surface area (Å²) in [5.74, 6) is 1.16. The van der Waals surface area contributed by atoms with E-state index < -0.39 is 10.0 Å². The highest BCUT2D eigenvalue weighted by atomic mass is 32.2. The number of benzene rings is 1. The Morgan fingerprint density at radius 1 is 1.27 bits per heavy atom. The van der Waals surface area contributed by atoms with Crippen molar-refractivity contribution in [1.82, 2.24) is 13.9 Å². The summed E-state index contributed by atoms with van der Waals surface area (Å²) in [6.07, 6.45) is 1.88. The molecule has 1 atom stereocenters. The SMILES string of the molecule is CC(C)S(=O)(=O)N1CCCC(c2nc3ccccc3n2C)C1. The lowest BCUT2D eigenvalue weighted by atomic mass is 9.99. The molecule has 3 rings (SSSR count). The third-order valence-corrected chi connectivity index (χ3v) is 6.77. The van der Waals surface area contributed by atoms with Crippen LogP contribution in [0.2, 0.25) is 0 Å². The lowest BCUT2D eigenvalue weighted by molar-refractivity contribution is 0.305. The Kier molecular flexibility index (Phi) is 3.99. The molecule has 5 nitrogen and oxygen atoms in total. The second-order valence-corrected chi connectivity index (χ2v) is 8.80.